The first-order valence-corrected chi connectivity index (χ1v) is 10.3. The van der Waals surface area contributed by atoms with Crippen LogP contribution >= 0.6 is 11.3 Å². The van der Waals surface area contributed by atoms with E-state index in [-0.39, 0.29) is 5.91 Å². The van der Waals surface area contributed by atoms with Gasteiger partial charge in [0, 0.05) is 23.9 Å². The molecule has 136 valence electrons. The van der Waals surface area contributed by atoms with Crippen LogP contribution in [0.25, 0.3) is 11.0 Å². The highest BCUT2D eigenvalue weighted by atomic mass is 32.1. The van der Waals surface area contributed by atoms with Crippen molar-refractivity contribution in [2.45, 2.75) is 45.4 Å². The molecule has 2 aromatic heterocycles. The molecule has 0 aliphatic carbocycles. The summed E-state index contributed by atoms with van der Waals surface area (Å²) in [6.45, 7) is 5.92. The van der Waals surface area contributed by atoms with E-state index in [1.165, 1.54) is 10.4 Å². The predicted molar refractivity (Wildman–Crippen MR) is 107 cm³/mol. The zero-order valence-corrected chi connectivity index (χ0v) is 16.2. The van der Waals surface area contributed by atoms with Crippen LogP contribution in [0.3, 0.4) is 0 Å². The van der Waals surface area contributed by atoms with Crippen molar-refractivity contribution in [1.82, 2.24) is 14.9 Å². The van der Waals surface area contributed by atoms with Crippen molar-refractivity contribution in [3.63, 3.8) is 0 Å². The molecule has 5 heteroatoms. The van der Waals surface area contributed by atoms with Gasteiger partial charge in [0.25, 0.3) is 5.91 Å². The number of imidazole rings is 1. The van der Waals surface area contributed by atoms with Gasteiger partial charge in [0.15, 0.2) is 0 Å². The van der Waals surface area contributed by atoms with E-state index in [0.29, 0.717) is 5.92 Å². The SMILES string of the molecule is CCCc1cc(C(=O)N2CCC(c3nc4ccccc4[nH]3)CC2)sc1C. The van der Waals surface area contributed by atoms with Crippen LogP contribution in [0.15, 0.2) is 30.3 Å². The van der Waals surface area contributed by atoms with Crippen LogP contribution in [0.5, 0.6) is 0 Å². The first-order valence-electron chi connectivity index (χ1n) is 9.49. The number of aromatic amines is 1. The predicted octanol–water partition coefficient (Wildman–Crippen LogP) is 4.91. The molecule has 0 saturated carbocycles. The standard InChI is InChI=1S/C21H25N3OS/c1-3-6-16-13-19(26-14(16)2)21(25)24-11-9-15(10-12-24)20-22-17-7-4-5-8-18(17)23-20/h4-5,7-8,13,15H,3,6,9-12H2,1-2H3,(H,22,23). The highest BCUT2D eigenvalue weighted by Crippen LogP contribution is 2.30. The third-order valence-corrected chi connectivity index (χ3v) is 6.41. The quantitative estimate of drug-likeness (QED) is 0.712. The molecule has 26 heavy (non-hydrogen) atoms. The number of likely N-dealkylation sites (tertiary alicyclic amines) is 1. The molecule has 3 heterocycles. The van der Waals surface area contributed by atoms with E-state index in [0.717, 1.165) is 60.5 Å². The Kier molecular flexibility index (Phi) is 4.81. The molecule has 1 N–H and O–H groups in total. The van der Waals surface area contributed by atoms with E-state index in [1.807, 2.05) is 23.1 Å². The second kappa shape index (κ2) is 7.23. The molecule has 1 aromatic carbocycles. The van der Waals surface area contributed by atoms with Gasteiger partial charge in [-0.3, -0.25) is 4.79 Å². The zero-order chi connectivity index (χ0) is 18.1. The maximum atomic E-state index is 12.9. The Morgan fingerprint density at radius 3 is 2.81 bits per heavy atom. The fraction of sp³-hybridized carbons (Fsp3) is 0.429. The maximum absolute atomic E-state index is 12.9. The van der Waals surface area contributed by atoms with E-state index in [9.17, 15) is 4.79 Å². The highest BCUT2D eigenvalue weighted by Gasteiger charge is 2.27. The summed E-state index contributed by atoms with van der Waals surface area (Å²) in [7, 11) is 0. The van der Waals surface area contributed by atoms with Gasteiger partial charge in [-0.1, -0.05) is 25.5 Å². The molecule has 0 unspecified atom stereocenters. The van der Waals surface area contributed by atoms with Crippen molar-refractivity contribution in [3.05, 3.63) is 51.5 Å². The Bertz CT molecular complexity index is 885. The number of hydrogen-bond donors (Lipinski definition) is 1. The van der Waals surface area contributed by atoms with E-state index >= 15 is 0 Å². The number of H-pyrrole nitrogens is 1. The summed E-state index contributed by atoms with van der Waals surface area (Å²) in [5.74, 6) is 1.67. The molecule has 0 atom stereocenters. The van der Waals surface area contributed by atoms with Crippen LogP contribution in [-0.4, -0.2) is 33.9 Å². The summed E-state index contributed by atoms with van der Waals surface area (Å²) in [5.41, 5.74) is 3.45. The lowest BCUT2D eigenvalue weighted by atomic mass is 9.96. The number of para-hydroxylation sites is 2. The molecule has 1 aliphatic rings. The summed E-state index contributed by atoms with van der Waals surface area (Å²) in [6, 6.07) is 10.3. The van der Waals surface area contributed by atoms with Crippen LogP contribution in [0.4, 0.5) is 0 Å². The molecule has 4 nitrogen and oxygen atoms in total. The van der Waals surface area contributed by atoms with E-state index in [2.05, 4.69) is 31.0 Å². The number of fused-ring (bicyclic) bond motifs is 1. The summed E-state index contributed by atoms with van der Waals surface area (Å²) in [5, 5.41) is 0. The third-order valence-electron chi connectivity index (χ3n) is 5.33. The Hall–Kier alpha value is -2.14. The smallest absolute Gasteiger partial charge is 0.263 e. The van der Waals surface area contributed by atoms with Crippen molar-refractivity contribution < 1.29 is 4.79 Å². The normalized spacial score (nSPS) is 15.7. The van der Waals surface area contributed by atoms with E-state index in [4.69, 9.17) is 4.98 Å². The average Bonchev–Trinajstić information content (AvgIpc) is 3.25. The minimum Gasteiger partial charge on any atom is -0.342 e. The minimum atomic E-state index is 0.198. The number of hydrogen-bond acceptors (Lipinski definition) is 3. The van der Waals surface area contributed by atoms with Crippen LogP contribution in [0, 0.1) is 6.92 Å². The highest BCUT2D eigenvalue weighted by molar-refractivity contribution is 7.14. The van der Waals surface area contributed by atoms with Gasteiger partial charge in [0.1, 0.15) is 5.82 Å². The largest absolute Gasteiger partial charge is 0.342 e. The molecular formula is C21H25N3OS. The molecule has 1 amide bonds. The van der Waals surface area contributed by atoms with Gasteiger partial charge in [-0.15, -0.1) is 11.3 Å². The number of carbonyl (C=O) groups is 1. The Morgan fingerprint density at radius 1 is 1.31 bits per heavy atom. The summed E-state index contributed by atoms with van der Waals surface area (Å²) in [4.78, 5) is 25.3. The fourth-order valence-corrected chi connectivity index (χ4v) is 4.86. The molecular weight excluding hydrogens is 342 g/mol. The van der Waals surface area contributed by atoms with Crippen molar-refractivity contribution >= 4 is 28.3 Å². The molecule has 1 fully saturated rings. The van der Waals surface area contributed by atoms with Crippen molar-refractivity contribution in [2.24, 2.45) is 0 Å². The van der Waals surface area contributed by atoms with Crippen molar-refractivity contribution in [1.29, 1.82) is 0 Å². The first-order chi connectivity index (χ1) is 12.7. The van der Waals surface area contributed by atoms with Gasteiger partial charge in [0.2, 0.25) is 0 Å². The summed E-state index contributed by atoms with van der Waals surface area (Å²) < 4.78 is 0. The topological polar surface area (TPSA) is 49.0 Å². The number of aromatic nitrogens is 2. The Balaban J connectivity index is 1.42. The fourth-order valence-electron chi connectivity index (χ4n) is 3.82. The number of piperidine rings is 1. The van der Waals surface area contributed by atoms with Crippen LogP contribution < -0.4 is 0 Å². The number of aryl methyl sites for hydroxylation is 2. The Morgan fingerprint density at radius 2 is 2.08 bits per heavy atom. The molecule has 4 rings (SSSR count). The molecule has 3 aromatic rings. The molecule has 1 aliphatic heterocycles. The Labute approximate surface area is 158 Å². The number of thiophene rings is 1. The molecule has 0 bridgehead atoms. The second-order valence-electron chi connectivity index (χ2n) is 7.15. The lowest BCUT2D eigenvalue weighted by molar-refractivity contribution is 0.0716. The maximum Gasteiger partial charge on any atom is 0.263 e. The number of benzene rings is 1. The third kappa shape index (κ3) is 3.28. The zero-order valence-electron chi connectivity index (χ0n) is 15.4. The van der Waals surface area contributed by atoms with Crippen molar-refractivity contribution in [3.8, 4) is 0 Å². The van der Waals surface area contributed by atoms with Crippen LogP contribution in [0.2, 0.25) is 0 Å². The summed E-state index contributed by atoms with van der Waals surface area (Å²) in [6.07, 6.45) is 4.12. The van der Waals surface area contributed by atoms with Crippen molar-refractivity contribution in [2.75, 3.05) is 13.1 Å². The van der Waals surface area contributed by atoms with Crippen LogP contribution in [0.1, 0.15) is 58.0 Å². The molecule has 0 spiro atoms. The number of carbonyl (C=O) groups excluding carboxylic acids is 1. The van der Waals surface area contributed by atoms with Gasteiger partial charge in [-0.05, 0) is 49.9 Å². The van der Waals surface area contributed by atoms with E-state index < -0.39 is 0 Å². The number of amides is 1. The minimum absolute atomic E-state index is 0.198. The second-order valence-corrected chi connectivity index (χ2v) is 8.40. The van der Waals surface area contributed by atoms with Gasteiger partial charge in [-0.25, -0.2) is 4.98 Å². The first kappa shape index (κ1) is 17.3. The lowest BCUT2D eigenvalue weighted by Gasteiger charge is -2.30. The number of nitrogens with one attached hydrogen (secondary N) is 1. The number of nitrogens with zero attached hydrogens (tertiary/aromatic N) is 2. The summed E-state index contributed by atoms with van der Waals surface area (Å²) >= 11 is 1.65. The van der Waals surface area contributed by atoms with Gasteiger partial charge < -0.3 is 9.88 Å². The van der Waals surface area contributed by atoms with Crippen LogP contribution in [-0.2, 0) is 6.42 Å². The molecule has 1 saturated heterocycles. The van der Waals surface area contributed by atoms with Gasteiger partial charge in [0.05, 0.1) is 15.9 Å². The van der Waals surface area contributed by atoms with Gasteiger partial charge in [-0.2, -0.15) is 0 Å². The average molecular weight is 368 g/mol. The lowest BCUT2D eigenvalue weighted by Crippen LogP contribution is -2.37. The number of rotatable bonds is 4. The van der Waals surface area contributed by atoms with Gasteiger partial charge >= 0.3 is 0 Å². The monoisotopic (exact) mass is 367 g/mol. The molecule has 0 radical (unpaired) electrons. The van der Waals surface area contributed by atoms with E-state index in [1.54, 1.807) is 11.3 Å².